The largest absolute Gasteiger partial charge is 0.309 e. The molecule has 0 aliphatic heterocycles. The van der Waals surface area contributed by atoms with Crippen LogP contribution in [0.2, 0.25) is 0 Å². The first kappa shape index (κ1) is 26.9. The molecule has 3 aromatic heterocycles. The maximum Gasteiger partial charge on any atom is 0.0719 e. The fourth-order valence-corrected chi connectivity index (χ4v) is 9.29. The Morgan fingerprint density at radius 3 is 1.61 bits per heavy atom. The van der Waals surface area contributed by atoms with Crippen molar-refractivity contribution < 1.29 is 0 Å². The molecule has 0 atom stereocenters. The molecule has 0 bridgehead atoms. The van der Waals surface area contributed by atoms with Crippen molar-refractivity contribution in [3.8, 4) is 22.5 Å². The molecule has 0 aliphatic rings. The van der Waals surface area contributed by atoms with E-state index in [1.165, 1.54) is 97.1 Å². The SMILES string of the molecule is c1ccc2c(c1)sc1c2ccc2c3ccccc3n(-c3ccc4cc(-c5ccc(-n6c7ccccc7c7ccccc76)cc5)ccc4c3)c21. The predicted molar refractivity (Wildman–Crippen MR) is 211 cm³/mol. The predicted octanol–water partition coefficient (Wildman–Crippen LogP) is 13.1. The Bertz CT molecular complexity index is 3050. The highest BCUT2D eigenvalue weighted by atomic mass is 32.1. The Kier molecular flexibility index (Phi) is 5.57. The van der Waals surface area contributed by atoms with Crippen molar-refractivity contribution in [1.82, 2.24) is 9.13 Å². The number of benzene rings is 8. The maximum atomic E-state index is 2.48. The fraction of sp³-hybridized carbons (Fsp3) is 0. The Labute approximate surface area is 286 Å². The molecule has 0 amide bonds. The van der Waals surface area contributed by atoms with Crippen LogP contribution < -0.4 is 0 Å². The Morgan fingerprint density at radius 1 is 0.347 bits per heavy atom. The lowest BCUT2D eigenvalue weighted by Crippen LogP contribution is -1.94. The monoisotopic (exact) mass is 640 g/mol. The summed E-state index contributed by atoms with van der Waals surface area (Å²) in [6, 6.07) is 62.4. The molecule has 0 N–H and O–H groups in total. The van der Waals surface area contributed by atoms with E-state index in [9.17, 15) is 0 Å². The highest BCUT2D eigenvalue weighted by Gasteiger charge is 2.18. The van der Waals surface area contributed by atoms with Crippen LogP contribution in [0.1, 0.15) is 0 Å². The second kappa shape index (κ2) is 10.2. The molecule has 3 heteroatoms. The molecule has 3 heterocycles. The maximum absolute atomic E-state index is 2.48. The molecule has 0 unspecified atom stereocenters. The Balaban J connectivity index is 1.03. The van der Waals surface area contributed by atoms with Gasteiger partial charge in [0.2, 0.25) is 0 Å². The lowest BCUT2D eigenvalue weighted by Gasteiger charge is -2.12. The molecule has 0 fully saturated rings. The average molecular weight is 641 g/mol. The Hall–Kier alpha value is -6.16. The van der Waals surface area contributed by atoms with Gasteiger partial charge in [0.05, 0.1) is 26.8 Å². The van der Waals surface area contributed by atoms with Gasteiger partial charge in [0.1, 0.15) is 0 Å². The van der Waals surface area contributed by atoms with Crippen LogP contribution in [0.5, 0.6) is 0 Å². The van der Waals surface area contributed by atoms with Crippen molar-refractivity contribution >= 4 is 85.9 Å². The third-order valence-corrected chi connectivity index (χ3v) is 11.5. The van der Waals surface area contributed by atoms with Crippen LogP contribution in [0.15, 0.2) is 170 Å². The molecule has 228 valence electrons. The second-order valence-electron chi connectivity index (χ2n) is 13.0. The minimum Gasteiger partial charge on any atom is -0.309 e. The first-order valence-electron chi connectivity index (χ1n) is 16.8. The Morgan fingerprint density at radius 2 is 0.878 bits per heavy atom. The van der Waals surface area contributed by atoms with Crippen LogP contribution in [-0.4, -0.2) is 9.13 Å². The lowest BCUT2D eigenvalue weighted by molar-refractivity contribution is 1.18. The highest BCUT2D eigenvalue weighted by Crippen LogP contribution is 2.43. The minimum atomic E-state index is 1.17. The van der Waals surface area contributed by atoms with Gasteiger partial charge in [0.15, 0.2) is 0 Å². The number of hydrogen-bond donors (Lipinski definition) is 0. The third kappa shape index (κ3) is 3.88. The van der Waals surface area contributed by atoms with Gasteiger partial charge in [-0.2, -0.15) is 0 Å². The molecule has 0 saturated carbocycles. The van der Waals surface area contributed by atoms with E-state index in [0.29, 0.717) is 0 Å². The van der Waals surface area contributed by atoms with Crippen LogP contribution in [0.25, 0.3) is 97.1 Å². The van der Waals surface area contributed by atoms with Crippen LogP contribution in [0.4, 0.5) is 0 Å². The van der Waals surface area contributed by atoms with Gasteiger partial charge in [0, 0.05) is 48.4 Å². The molecule has 0 aliphatic carbocycles. The summed E-state index contributed by atoms with van der Waals surface area (Å²) in [4.78, 5) is 0. The number of nitrogens with zero attached hydrogens (tertiary/aromatic N) is 2. The lowest BCUT2D eigenvalue weighted by atomic mass is 10.0. The standard InChI is InChI=1S/C46H28N2S/c1-5-13-41-35(9-1)36-10-2-6-14-42(36)47(41)33-22-19-29(20-23-33)30-17-18-32-28-34(24-21-31(32)27-30)48-43-15-7-3-11-37(43)39-25-26-40-38-12-4-8-16-44(38)49-46(40)45(39)48/h1-28H. The van der Waals surface area contributed by atoms with Gasteiger partial charge in [-0.25, -0.2) is 0 Å². The first-order chi connectivity index (χ1) is 24.3. The smallest absolute Gasteiger partial charge is 0.0719 e. The van der Waals surface area contributed by atoms with Gasteiger partial charge in [-0.1, -0.05) is 115 Å². The number of hydrogen-bond acceptors (Lipinski definition) is 1. The van der Waals surface area contributed by atoms with Crippen molar-refractivity contribution in [2.24, 2.45) is 0 Å². The van der Waals surface area contributed by atoms with E-state index < -0.39 is 0 Å². The van der Waals surface area contributed by atoms with Crippen molar-refractivity contribution in [3.63, 3.8) is 0 Å². The molecule has 11 rings (SSSR count). The van der Waals surface area contributed by atoms with E-state index in [0.717, 1.165) is 0 Å². The molecule has 2 nitrogen and oxygen atoms in total. The van der Waals surface area contributed by atoms with Crippen molar-refractivity contribution in [1.29, 1.82) is 0 Å². The normalized spacial score (nSPS) is 12.1. The van der Waals surface area contributed by atoms with E-state index in [-0.39, 0.29) is 0 Å². The minimum absolute atomic E-state index is 1.17. The summed E-state index contributed by atoms with van der Waals surface area (Å²) >= 11 is 1.90. The summed E-state index contributed by atoms with van der Waals surface area (Å²) in [6.07, 6.45) is 0. The van der Waals surface area contributed by atoms with E-state index in [2.05, 4.69) is 179 Å². The zero-order valence-electron chi connectivity index (χ0n) is 26.5. The van der Waals surface area contributed by atoms with E-state index in [4.69, 9.17) is 0 Å². The molecule has 11 aromatic rings. The van der Waals surface area contributed by atoms with Gasteiger partial charge in [-0.05, 0) is 76.5 Å². The average Bonchev–Trinajstić information content (AvgIpc) is 3.82. The first-order valence-corrected chi connectivity index (χ1v) is 17.6. The number of para-hydroxylation sites is 3. The zero-order chi connectivity index (χ0) is 32.1. The quantitative estimate of drug-likeness (QED) is 0.182. The molecule has 0 radical (unpaired) electrons. The molecule has 0 spiro atoms. The van der Waals surface area contributed by atoms with E-state index in [1.54, 1.807) is 0 Å². The topological polar surface area (TPSA) is 9.86 Å². The summed E-state index contributed by atoms with van der Waals surface area (Å²) < 4.78 is 7.52. The van der Waals surface area contributed by atoms with Gasteiger partial charge in [0.25, 0.3) is 0 Å². The molecular weight excluding hydrogens is 613 g/mol. The van der Waals surface area contributed by atoms with Gasteiger partial charge in [-0.15, -0.1) is 11.3 Å². The fourth-order valence-electron chi connectivity index (χ4n) is 8.05. The second-order valence-corrected chi connectivity index (χ2v) is 14.0. The van der Waals surface area contributed by atoms with Gasteiger partial charge >= 0.3 is 0 Å². The number of fused-ring (bicyclic) bond motifs is 11. The van der Waals surface area contributed by atoms with Gasteiger partial charge < -0.3 is 9.13 Å². The van der Waals surface area contributed by atoms with Crippen LogP contribution in [0, 0.1) is 0 Å². The van der Waals surface area contributed by atoms with Crippen molar-refractivity contribution in [2.45, 2.75) is 0 Å². The van der Waals surface area contributed by atoms with Gasteiger partial charge in [-0.3, -0.25) is 0 Å². The molecular formula is C46H28N2S. The summed E-state index contributed by atoms with van der Waals surface area (Å²) in [5.41, 5.74) is 9.78. The molecule has 0 saturated heterocycles. The molecule has 8 aromatic carbocycles. The number of rotatable bonds is 3. The van der Waals surface area contributed by atoms with Crippen molar-refractivity contribution in [3.05, 3.63) is 170 Å². The van der Waals surface area contributed by atoms with Crippen LogP contribution >= 0.6 is 11.3 Å². The van der Waals surface area contributed by atoms with E-state index in [1.807, 2.05) is 11.3 Å². The molecule has 49 heavy (non-hydrogen) atoms. The zero-order valence-corrected chi connectivity index (χ0v) is 27.3. The number of aromatic nitrogens is 2. The van der Waals surface area contributed by atoms with Crippen LogP contribution in [-0.2, 0) is 0 Å². The summed E-state index contributed by atoms with van der Waals surface area (Å²) in [7, 11) is 0. The van der Waals surface area contributed by atoms with Crippen molar-refractivity contribution in [2.75, 3.05) is 0 Å². The van der Waals surface area contributed by atoms with Crippen LogP contribution in [0.3, 0.4) is 0 Å². The highest BCUT2D eigenvalue weighted by molar-refractivity contribution is 7.26. The summed E-state index contributed by atoms with van der Waals surface area (Å²) in [5, 5.41) is 10.3. The van der Waals surface area contributed by atoms with E-state index >= 15 is 0 Å². The summed E-state index contributed by atoms with van der Waals surface area (Å²) in [6.45, 7) is 0. The summed E-state index contributed by atoms with van der Waals surface area (Å²) in [5.74, 6) is 0. The third-order valence-electron chi connectivity index (χ3n) is 10.3. The number of thiophene rings is 1.